The van der Waals surface area contributed by atoms with E-state index >= 15 is 0 Å². The van der Waals surface area contributed by atoms with Gasteiger partial charge in [-0.1, -0.05) is 31.5 Å². The Morgan fingerprint density at radius 1 is 1.33 bits per heavy atom. The van der Waals surface area contributed by atoms with Gasteiger partial charge in [-0.15, -0.1) is 0 Å². The molecular formula is C15H21ClN2O3. The van der Waals surface area contributed by atoms with E-state index < -0.39 is 5.97 Å². The number of carboxylic acids is 1. The lowest BCUT2D eigenvalue weighted by molar-refractivity contribution is -0.116. The highest BCUT2D eigenvalue weighted by Gasteiger charge is 2.20. The summed E-state index contributed by atoms with van der Waals surface area (Å²) in [5.41, 5.74) is 5.65. The Balaban J connectivity index is 2.72. The van der Waals surface area contributed by atoms with E-state index in [0.717, 1.165) is 6.42 Å². The molecule has 1 amide bonds. The van der Waals surface area contributed by atoms with E-state index in [1.165, 1.54) is 12.1 Å². The van der Waals surface area contributed by atoms with Crippen molar-refractivity contribution >= 4 is 29.2 Å². The van der Waals surface area contributed by atoms with E-state index in [2.05, 4.69) is 19.2 Å². The summed E-state index contributed by atoms with van der Waals surface area (Å²) in [4.78, 5) is 23.1. The van der Waals surface area contributed by atoms with Gasteiger partial charge in [-0.3, -0.25) is 4.79 Å². The van der Waals surface area contributed by atoms with Crippen molar-refractivity contribution in [2.45, 2.75) is 33.1 Å². The molecule has 6 heteroatoms. The second-order valence-electron chi connectivity index (χ2n) is 5.72. The number of aromatic carboxylic acids is 1. The average Bonchev–Trinajstić information content (AvgIpc) is 2.36. The molecule has 1 aromatic rings. The molecule has 116 valence electrons. The molecule has 1 aromatic carbocycles. The third-order valence-electron chi connectivity index (χ3n) is 3.35. The van der Waals surface area contributed by atoms with Gasteiger partial charge in [-0.05, 0) is 36.9 Å². The SMILES string of the molecule is CC(C)(CCN)CCC(=O)Nc1cccc(Cl)c1C(=O)O. The van der Waals surface area contributed by atoms with Crippen LogP contribution >= 0.6 is 11.6 Å². The number of carboxylic acid groups (broad SMARTS) is 1. The van der Waals surface area contributed by atoms with Gasteiger partial charge >= 0.3 is 5.97 Å². The number of carbonyl (C=O) groups is 2. The highest BCUT2D eigenvalue weighted by molar-refractivity contribution is 6.34. The predicted molar refractivity (Wildman–Crippen MR) is 83.7 cm³/mol. The van der Waals surface area contributed by atoms with Crippen molar-refractivity contribution in [3.8, 4) is 0 Å². The van der Waals surface area contributed by atoms with E-state index in [0.29, 0.717) is 19.4 Å². The third kappa shape index (κ3) is 5.36. The summed E-state index contributed by atoms with van der Waals surface area (Å²) in [6, 6.07) is 4.60. The summed E-state index contributed by atoms with van der Waals surface area (Å²) < 4.78 is 0. The van der Waals surface area contributed by atoms with E-state index in [1.54, 1.807) is 6.07 Å². The first-order chi connectivity index (χ1) is 9.76. The lowest BCUT2D eigenvalue weighted by Crippen LogP contribution is -2.21. The van der Waals surface area contributed by atoms with Gasteiger partial charge in [-0.25, -0.2) is 4.79 Å². The van der Waals surface area contributed by atoms with E-state index in [9.17, 15) is 9.59 Å². The monoisotopic (exact) mass is 312 g/mol. The minimum atomic E-state index is -1.17. The Morgan fingerprint density at radius 2 is 2.00 bits per heavy atom. The Morgan fingerprint density at radius 3 is 2.57 bits per heavy atom. The fraction of sp³-hybridized carbons (Fsp3) is 0.467. The van der Waals surface area contributed by atoms with Crippen molar-refractivity contribution in [3.05, 3.63) is 28.8 Å². The maximum absolute atomic E-state index is 12.0. The fourth-order valence-electron chi connectivity index (χ4n) is 2.03. The van der Waals surface area contributed by atoms with Gasteiger partial charge in [-0.2, -0.15) is 0 Å². The summed E-state index contributed by atoms with van der Waals surface area (Å²) in [5.74, 6) is -1.40. The molecule has 0 unspecified atom stereocenters. The minimum Gasteiger partial charge on any atom is -0.478 e. The average molecular weight is 313 g/mol. The number of amides is 1. The molecule has 4 N–H and O–H groups in total. The first kappa shape index (κ1) is 17.5. The molecule has 0 saturated heterocycles. The normalized spacial score (nSPS) is 11.2. The van der Waals surface area contributed by atoms with E-state index in [4.69, 9.17) is 22.4 Å². The van der Waals surface area contributed by atoms with Crippen LogP contribution in [0, 0.1) is 5.41 Å². The van der Waals surface area contributed by atoms with Gasteiger partial charge in [0.25, 0.3) is 0 Å². The van der Waals surface area contributed by atoms with Crippen LogP contribution in [-0.2, 0) is 4.79 Å². The van der Waals surface area contributed by atoms with Crippen LogP contribution in [-0.4, -0.2) is 23.5 Å². The van der Waals surface area contributed by atoms with Crippen LogP contribution < -0.4 is 11.1 Å². The van der Waals surface area contributed by atoms with Gasteiger partial charge < -0.3 is 16.2 Å². The molecule has 0 aromatic heterocycles. The van der Waals surface area contributed by atoms with Crippen molar-refractivity contribution in [1.82, 2.24) is 0 Å². The highest BCUT2D eigenvalue weighted by atomic mass is 35.5. The zero-order valence-electron chi connectivity index (χ0n) is 12.3. The highest BCUT2D eigenvalue weighted by Crippen LogP contribution is 2.27. The molecule has 0 aliphatic carbocycles. The number of anilines is 1. The predicted octanol–water partition coefficient (Wildman–Crippen LogP) is 3.13. The minimum absolute atomic E-state index is 0.0178. The molecule has 0 saturated carbocycles. The van der Waals surface area contributed by atoms with Gasteiger partial charge in [0.1, 0.15) is 5.56 Å². The van der Waals surface area contributed by atoms with Gasteiger partial charge in [0, 0.05) is 6.42 Å². The Kier molecular flexibility index (Phi) is 6.18. The lowest BCUT2D eigenvalue weighted by Gasteiger charge is -2.23. The molecule has 0 spiro atoms. The number of carbonyl (C=O) groups excluding carboxylic acids is 1. The van der Waals surface area contributed by atoms with Crippen molar-refractivity contribution in [1.29, 1.82) is 0 Å². The summed E-state index contributed by atoms with van der Waals surface area (Å²) in [6.45, 7) is 4.68. The summed E-state index contributed by atoms with van der Waals surface area (Å²) >= 11 is 5.85. The molecule has 21 heavy (non-hydrogen) atoms. The molecule has 0 atom stereocenters. The van der Waals surface area contributed by atoms with E-state index in [-0.39, 0.29) is 27.6 Å². The number of rotatable bonds is 7. The van der Waals surface area contributed by atoms with Crippen LogP contribution in [0.25, 0.3) is 0 Å². The van der Waals surface area contributed by atoms with Crippen LogP contribution in [0.15, 0.2) is 18.2 Å². The van der Waals surface area contributed by atoms with Crippen molar-refractivity contribution in [3.63, 3.8) is 0 Å². The zero-order chi connectivity index (χ0) is 16.0. The maximum Gasteiger partial charge on any atom is 0.339 e. The topological polar surface area (TPSA) is 92.4 Å². The Hall–Kier alpha value is -1.59. The van der Waals surface area contributed by atoms with Crippen LogP contribution in [0.4, 0.5) is 5.69 Å². The molecule has 0 heterocycles. The summed E-state index contributed by atoms with van der Waals surface area (Å²) in [7, 11) is 0. The van der Waals surface area contributed by atoms with Crippen LogP contribution in [0.2, 0.25) is 5.02 Å². The number of nitrogens with two attached hydrogens (primary N) is 1. The molecule has 0 aliphatic rings. The first-order valence-corrected chi connectivity index (χ1v) is 7.16. The zero-order valence-corrected chi connectivity index (χ0v) is 13.0. The molecule has 1 rings (SSSR count). The standard InChI is InChI=1S/C15H21ClN2O3/c1-15(2,8-9-17)7-6-12(19)18-11-5-3-4-10(16)13(11)14(20)21/h3-5H,6-9,17H2,1-2H3,(H,18,19)(H,20,21). The molecule has 0 radical (unpaired) electrons. The molecule has 0 fully saturated rings. The largest absolute Gasteiger partial charge is 0.478 e. The molecule has 0 bridgehead atoms. The number of hydrogen-bond acceptors (Lipinski definition) is 3. The van der Waals surface area contributed by atoms with Gasteiger partial charge in [0.2, 0.25) is 5.91 Å². The van der Waals surface area contributed by atoms with Gasteiger partial charge in [0.15, 0.2) is 0 Å². The summed E-state index contributed by atoms with van der Waals surface area (Å²) in [5, 5.41) is 11.9. The van der Waals surface area contributed by atoms with Crippen LogP contribution in [0.3, 0.4) is 0 Å². The second-order valence-corrected chi connectivity index (χ2v) is 6.13. The number of benzene rings is 1. The first-order valence-electron chi connectivity index (χ1n) is 6.78. The number of halogens is 1. The fourth-order valence-corrected chi connectivity index (χ4v) is 2.28. The molecule has 5 nitrogen and oxygen atoms in total. The Bertz CT molecular complexity index is 530. The molecule has 0 aliphatic heterocycles. The smallest absolute Gasteiger partial charge is 0.339 e. The summed E-state index contributed by atoms with van der Waals surface area (Å²) in [6.07, 6.45) is 1.81. The van der Waals surface area contributed by atoms with Gasteiger partial charge in [0.05, 0.1) is 10.7 Å². The van der Waals surface area contributed by atoms with Crippen molar-refractivity contribution in [2.75, 3.05) is 11.9 Å². The van der Waals surface area contributed by atoms with Crippen LogP contribution in [0.5, 0.6) is 0 Å². The number of hydrogen-bond donors (Lipinski definition) is 3. The third-order valence-corrected chi connectivity index (χ3v) is 3.67. The second kappa shape index (κ2) is 7.43. The lowest BCUT2D eigenvalue weighted by atomic mass is 9.84. The number of nitrogens with one attached hydrogen (secondary N) is 1. The van der Waals surface area contributed by atoms with E-state index in [1.807, 2.05) is 0 Å². The maximum atomic E-state index is 12.0. The van der Waals surface area contributed by atoms with Crippen molar-refractivity contribution in [2.24, 2.45) is 11.1 Å². The van der Waals surface area contributed by atoms with Crippen LogP contribution in [0.1, 0.15) is 43.5 Å². The van der Waals surface area contributed by atoms with Crippen molar-refractivity contribution < 1.29 is 14.7 Å². The molecular weight excluding hydrogens is 292 g/mol. The quantitative estimate of drug-likeness (QED) is 0.721. The Labute approximate surface area is 129 Å².